The Hall–Kier alpha value is -2.20. The first-order chi connectivity index (χ1) is 11.1. The second kappa shape index (κ2) is 6.92. The summed E-state index contributed by atoms with van der Waals surface area (Å²) in [6, 6.07) is 14.9. The number of carbonyl (C=O) groups is 1. The van der Waals surface area contributed by atoms with Crippen LogP contribution in [0.5, 0.6) is 0 Å². The first kappa shape index (κ1) is 15.7. The third-order valence-corrected chi connectivity index (χ3v) is 4.31. The second-order valence-corrected chi connectivity index (χ2v) is 6.28. The van der Waals surface area contributed by atoms with Crippen LogP contribution in [0.1, 0.15) is 24.0 Å². The van der Waals surface area contributed by atoms with Gasteiger partial charge in [0.1, 0.15) is 12.4 Å². The molecule has 1 amide bonds. The molecule has 0 heterocycles. The first-order valence-electron chi connectivity index (χ1n) is 8.06. The van der Waals surface area contributed by atoms with Gasteiger partial charge in [0.25, 0.3) is 5.91 Å². The lowest BCUT2D eigenvalue weighted by atomic mass is 10.2. The van der Waals surface area contributed by atoms with Crippen molar-refractivity contribution < 1.29 is 14.1 Å². The van der Waals surface area contributed by atoms with E-state index >= 15 is 0 Å². The van der Waals surface area contributed by atoms with Gasteiger partial charge in [-0.3, -0.25) is 4.79 Å². The van der Waals surface area contributed by atoms with Crippen LogP contribution in [0, 0.1) is 12.7 Å². The minimum atomic E-state index is -0.223. The summed E-state index contributed by atoms with van der Waals surface area (Å²) < 4.78 is 13.0. The van der Waals surface area contributed by atoms with Crippen LogP contribution >= 0.6 is 0 Å². The number of hydrogen-bond donors (Lipinski definition) is 2. The van der Waals surface area contributed by atoms with Gasteiger partial charge in [0.15, 0.2) is 6.54 Å². The van der Waals surface area contributed by atoms with Crippen molar-refractivity contribution in [2.75, 3.05) is 11.9 Å². The van der Waals surface area contributed by atoms with E-state index in [0.717, 1.165) is 36.2 Å². The number of benzene rings is 2. The maximum atomic E-state index is 13.0. The second-order valence-electron chi connectivity index (χ2n) is 6.28. The normalized spacial score (nSPS) is 15.2. The Kier molecular flexibility index (Phi) is 4.72. The monoisotopic (exact) mass is 313 g/mol. The Morgan fingerprint density at radius 2 is 1.87 bits per heavy atom. The Balaban J connectivity index is 1.62. The van der Waals surface area contributed by atoms with Crippen LogP contribution in [0.25, 0.3) is 0 Å². The summed E-state index contributed by atoms with van der Waals surface area (Å²) in [7, 11) is 0. The molecule has 1 aliphatic carbocycles. The van der Waals surface area contributed by atoms with Crippen LogP contribution in [0.3, 0.4) is 0 Å². The van der Waals surface area contributed by atoms with Crippen molar-refractivity contribution in [1.29, 1.82) is 0 Å². The third kappa shape index (κ3) is 4.39. The number of anilines is 1. The molecule has 1 unspecified atom stereocenters. The van der Waals surface area contributed by atoms with Crippen LogP contribution in [0.15, 0.2) is 48.5 Å². The van der Waals surface area contributed by atoms with Crippen LogP contribution in [0.4, 0.5) is 10.1 Å². The van der Waals surface area contributed by atoms with Crippen molar-refractivity contribution in [1.82, 2.24) is 0 Å². The van der Waals surface area contributed by atoms with Gasteiger partial charge < -0.3 is 10.2 Å². The molecule has 0 aliphatic heterocycles. The van der Waals surface area contributed by atoms with Gasteiger partial charge in [-0.1, -0.05) is 30.3 Å². The third-order valence-electron chi connectivity index (χ3n) is 4.31. The van der Waals surface area contributed by atoms with E-state index in [9.17, 15) is 9.18 Å². The van der Waals surface area contributed by atoms with Crippen LogP contribution < -0.4 is 10.2 Å². The van der Waals surface area contributed by atoms with Gasteiger partial charge in [-0.05, 0) is 30.7 Å². The van der Waals surface area contributed by atoms with Gasteiger partial charge in [-0.2, -0.15) is 0 Å². The van der Waals surface area contributed by atoms with Crippen molar-refractivity contribution in [2.45, 2.75) is 32.4 Å². The first-order valence-corrected chi connectivity index (χ1v) is 8.06. The Morgan fingerprint density at radius 1 is 1.17 bits per heavy atom. The fraction of sp³-hybridized carbons (Fsp3) is 0.316. The van der Waals surface area contributed by atoms with E-state index in [1.807, 2.05) is 31.2 Å². The average Bonchev–Trinajstić information content (AvgIpc) is 3.36. The van der Waals surface area contributed by atoms with Crippen molar-refractivity contribution in [3.05, 3.63) is 65.5 Å². The highest BCUT2D eigenvalue weighted by atomic mass is 19.1. The summed E-state index contributed by atoms with van der Waals surface area (Å²) in [6.45, 7) is 3.18. The minimum absolute atomic E-state index is 0.0308. The zero-order chi connectivity index (χ0) is 16.2. The van der Waals surface area contributed by atoms with Crippen LogP contribution in [-0.4, -0.2) is 18.5 Å². The fourth-order valence-electron chi connectivity index (χ4n) is 2.82. The molecule has 3 rings (SSSR count). The molecule has 0 spiro atoms. The van der Waals surface area contributed by atoms with E-state index < -0.39 is 0 Å². The van der Waals surface area contributed by atoms with Crippen molar-refractivity contribution >= 4 is 11.6 Å². The van der Waals surface area contributed by atoms with Crippen LogP contribution in [0.2, 0.25) is 0 Å². The molecule has 2 N–H and O–H groups in total. The maximum Gasteiger partial charge on any atom is 0.279 e. The van der Waals surface area contributed by atoms with Gasteiger partial charge in [-0.15, -0.1) is 0 Å². The van der Waals surface area contributed by atoms with E-state index in [1.54, 1.807) is 12.1 Å². The lowest BCUT2D eigenvalue weighted by molar-refractivity contribution is -0.916. The molecule has 1 saturated carbocycles. The number of halogens is 1. The Bertz CT molecular complexity index is 680. The predicted molar refractivity (Wildman–Crippen MR) is 88.8 cm³/mol. The smallest absolute Gasteiger partial charge is 0.279 e. The highest BCUT2D eigenvalue weighted by Gasteiger charge is 2.34. The SMILES string of the molecule is Cc1ccccc1NC(=O)C[NH+](Cc1ccc(F)cc1)C1CC1. The van der Waals surface area contributed by atoms with E-state index in [0.29, 0.717) is 12.6 Å². The van der Waals surface area contributed by atoms with E-state index in [4.69, 9.17) is 0 Å². The molecule has 23 heavy (non-hydrogen) atoms. The molecule has 0 bridgehead atoms. The number of quaternary nitrogens is 1. The van der Waals surface area contributed by atoms with Crippen molar-refractivity contribution in [2.24, 2.45) is 0 Å². The molecule has 1 fully saturated rings. The number of amides is 1. The van der Waals surface area contributed by atoms with Crippen molar-refractivity contribution in [3.8, 4) is 0 Å². The summed E-state index contributed by atoms with van der Waals surface area (Å²) in [5, 5.41) is 3.00. The highest BCUT2D eigenvalue weighted by molar-refractivity contribution is 5.92. The van der Waals surface area contributed by atoms with Crippen LogP contribution in [-0.2, 0) is 11.3 Å². The standard InChI is InChI=1S/C19H21FN2O/c1-14-4-2-3-5-18(14)21-19(23)13-22(17-10-11-17)12-15-6-8-16(20)9-7-15/h2-9,17H,10-13H2,1H3,(H,21,23)/p+1. The molecule has 0 radical (unpaired) electrons. The van der Waals surface area contributed by atoms with E-state index in [1.165, 1.54) is 17.0 Å². The summed E-state index contributed by atoms with van der Waals surface area (Å²) >= 11 is 0. The Morgan fingerprint density at radius 3 is 2.52 bits per heavy atom. The number of rotatable bonds is 6. The number of hydrogen-bond acceptors (Lipinski definition) is 1. The molecule has 2 aromatic carbocycles. The highest BCUT2D eigenvalue weighted by Crippen LogP contribution is 2.16. The minimum Gasteiger partial charge on any atom is -0.321 e. The molecular formula is C19H22FN2O+. The molecule has 4 heteroatoms. The molecule has 2 aromatic rings. The molecule has 1 atom stereocenters. The number of nitrogens with one attached hydrogen (secondary N) is 2. The van der Waals surface area contributed by atoms with Gasteiger partial charge >= 0.3 is 0 Å². The van der Waals surface area contributed by atoms with Gasteiger partial charge in [0.05, 0.1) is 6.04 Å². The zero-order valence-electron chi connectivity index (χ0n) is 13.3. The number of aryl methyl sites for hydroxylation is 1. The quantitative estimate of drug-likeness (QED) is 0.843. The zero-order valence-corrected chi connectivity index (χ0v) is 13.3. The lowest BCUT2D eigenvalue weighted by Gasteiger charge is -2.19. The Labute approximate surface area is 136 Å². The van der Waals surface area contributed by atoms with Gasteiger partial charge in [-0.25, -0.2) is 4.39 Å². The summed E-state index contributed by atoms with van der Waals surface area (Å²) in [4.78, 5) is 13.6. The summed E-state index contributed by atoms with van der Waals surface area (Å²) in [6.07, 6.45) is 2.32. The summed E-state index contributed by atoms with van der Waals surface area (Å²) in [5.74, 6) is -0.192. The number of carbonyl (C=O) groups excluding carboxylic acids is 1. The van der Waals surface area contributed by atoms with E-state index in [-0.39, 0.29) is 11.7 Å². The fourth-order valence-corrected chi connectivity index (χ4v) is 2.82. The van der Waals surface area contributed by atoms with Gasteiger partial charge in [0, 0.05) is 24.1 Å². The molecule has 0 aromatic heterocycles. The molecule has 0 saturated heterocycles. The predicted octanol–water partition coefficient (Wildman–Crippen LogP) is 2.32. The lowest BCUT2D eigenvalue weighted by Crippen LogP contribution is -3.13. The molecular weight excluding hydrogens is 291 g/mol. The largest absolute Gasteiger partial charge is 0.321 e. The average molecular weight is 313 g/mol. The number of para-hydroxylation sites is 1. The molecule has 3 nitrogen and oxygen atoms in total. The topological polar surface area (TPSA) is 33.5 Å². The summed E-state index contributed by atoms with van der Waals surface area (Å²) in [5.41, 5.74) is 3.00. The van der Waals surface area contributed by atoms with E-state index in [2.05, 4.69) is 5.32 Å². The maximum absolute atomic E-state index is 13.0. The van der Waals surface area contributed by atoms with Gasteiger partial charge in [0.2, 0.25) is 0 Å². The molecule has 120 valence electrons. The molecule has 1 aliphatic rings. The van der Waals surface area contributed by atoms with Crippen molar-refractivity contribution in [3.63, 3.8) is 0 Å².